The fraction of sp³-hybridized carbons (Fsp3) is 0. The van der Waals surface area contributed by atoms with Crippen LogP contribution in [0.25, 0.3) is 0 Å². The van der Waals surface area contributed by atoms with E-state index in [-0.39, 0.29) is 22.2 Å². The van der Waals surface area contributed by atoms with Crippen molar-refractivity contribution < 1.29 is 24.0 Å². The van der Waals surface area contributed by atoms with E-state index in [1.54, 1.807) is 0 Å². The number of carboxylic acid groups (broad SMARTS) is 1. The highest BCUT2D eigenvalue weighted by Gasteiger charge is 2.18. The monoisotopic (exact) mass is 311 g/mol. The second kappa shape index (κ2) is 5.76. The van der Waals surface area contributed by atoms with Crippen molar-refractivity contribution in [3.05, 3.63) is 62.9 Å². The number of benzene rings is 2. The van der Waals surface area contributed by atoms with Gasteiger partial charge in [0.2, 0.25) is 0 Å². The number of rotatable bonds is 4. The number of nitro benzene ring substituents is 1. The number of ether oxygens (including phenoxy) is 1. The maximum absolute atomic E-state index is 12.9. The van der Waals surface area contributed by atoms with Gasteiger partial charge in [-0.1, -0.05) is 11.6 Å². The molecule has 2 aromatic rings. The quantitative estimate of drug-likeness (QED) is 0.683. The van der Waals surface area contributed by atoms with Gasteiger partial charge in [0.1, 0.15) is 22.9 Å². The predicted octanol–water partition coefficient (Wildman–Crippen LogP) is 3.88. The Morgan fingerprint density at radius 3 is 2.48 bits per heavy atom. The van der Waals surface area contributed by atoms with Crippen molar-refractivity contribution in [3.8, 4) is 11.5 Å². The minimum absolute atomic E-state index is 0.0365. The molecule has 0 aromatic heterocycles. The number of halogens is 2. The summed E-state index contributed by atoms with van der Waals surface area (Å²) in [6.45, 7) is 0. The second-order valence-electron chi connectivity index (χ2n) is 3.92. The van der Waals surface area contributed by atoms with Gasteiger partial charge in [0.25, 0.3) is 5.69 Å². The number of carbonyl (C=O) groups is 1. The first kappa shape index (κ1) is 14.7. The van der Waals surface area contributed by atoms with E-state index in [4.69, 9.17) is 21.4 Å². The smallest absolute Gasteiger partial charge is 0.339 e. The summed E-state index contributed by atoms with van der Waals surface area (Å²) >= 11 is 5.77. The summed E-state index contributed by atoms with van der Waals surface area (Å²) in [5.41, 5.74) is -0.783. The maximum atomic E-state index is 12.9. The summed E-state index contributed by atoms with van der Waals surface area (Å²) in [5, 5.41) is 19.7. The minimum Gasteiger partial charge on any atom is -0.478 e. The molecule has 0 bridgehead atoms. The van der Waals surface area contributed by atoms with Crippen molar-refractivity contribution in [2.45, 2.75) is 0 Å². The van der Waals surface area contributed by atoms with E-state index in [0.717, 1.165) is 30.3 Å². The molecule has 0 unspecified atom stereocenters. The molecule has 6 nitrogen and oxygen atoms in total. The van der Waals surface area contributed by atoms with Gasteiger partial charge in [0.15, 0.2) is 0 Å². The molecule has 0 spiro atoms. The lowest BCUT2D eigenvalue weighted by Crippen LogP contribution is -2.02. The van der Waals surface area contributed by atoms with Gasteiger partial charge in [-0.15, -0.1) is 0 Å². The molecule has 0 fully saturated rings. The Balaban J connectivity index is 2.44. The van der Waals surface area contributed by atoms with E-state index in [1.807, 2.05) is 0 Å². The van der Waals surface area contributed by atoms with Gasteiger partial charge in [-0.3, -0.25) is 10.1 Å². The van der Waals surface area contributed by atoms with Crippen LogP contribution in [0.4, 0.5) is 10.1 Å². The van der Waals surface area contributed by atoms with Gasteiger partial charge in [0.05, 0.1) is 9.95 Å². The first-order valence-electron chi connectivity index (χ1n) is 5.53. The molecule has 8 heteroatoms. The Hall–Kier alpha value is -2.67. The first-order valence-corrected chi connectivity index (χ1v) is 5.91. The van der Waals surface area contributed by atoms with Gasteiger partial charge < -0.3 is 9.84 Å². The van der Waals surface area contributed by atoms with Crippen LogP contribution in [-0.2, 0) is 0 Å². The van der Waals surface area contributed by atoms with E-state index < -0.39 is 22.3 Å². The predicted molar refractivity (Wildman–Crippen MR) is 71.5 cm³/mol. The molecule has 2 aromatic carbocycles. The van der Waals surface area contributed by atoms with E-state index in [2.05, 4.69) is 0 Å². The zero-order valence-electron chi connectivity index (χ0n) is 10.2. The topological polar surface area (TPSA) is 89.7 Å². The van der Waals surface area contributed by atoms with Crippen LogP contribution in [-0.4, -0.2) is 16.0 Å². The molecule has 0 aliphatic carbocycles. The summed E-state index contributed by atoms with van der Waals surface area (Å²) < 4.78 is 18.2. The third kappa shape index (κ3) is 3.26. The van der Waals surface area contributed by atoms with Crippen LogP contribution < -0.4 is 4.74 Å². The largest absolute Gasteiger partial charge is 0.478 e. The number of carboxylic acids is 1. The number of hydrogen-bond acceptors (Lipinski definition) is 4. The maximum Gasteiger partial charge on any atom is 0.339 e. The van der Waals surface area contributed by atoms with Gasteiger partial charge >= 0.3 is 5.97 Å². The zero-order chi connectivity index (χ0) is 15.6. The van der Waals surface area contributed by atoms with Crippen LogP contribution in [0.15, 0.2) is 36.4 Å². The Labute approximate surface area is 122 Å². The van der Waals surface area contributed by atoms with Crippen molar-refractivity contribution in [1.82, 2.24) is 0 Å². The Kier molecular flexibility index (Phi) is 4.04. The van der Waals surface area contributed by atoms with E-state index in [9.17, 15) is 19.3 Å². The van der Waals surface area contributed by atoms with Crippen molar-refractivity contribution in [3.63, 3.8) is 0 Å². The van der Waals surface area contributed by atoms with Crippen LogP contribution in [0.5, 0.6) is 11.5 Å². The van der Waals surface area contributed by atoms with E-state index in [1.165, 1.54) is 6.07 Å². The SMILES string of the molecule is O=C(O)c1cc([N+](=O)[O-])ccc1Oc1ccc(F)cc1Cl. The molecule has 0 aliphatic heterocycles. The minimum atomic E-state index is -1.40. The Bertz CT molecular complexity index is 734. The number of nitrogens with zero attached hydrogens (tertiary/aromatic N) is 1. The van der Waals surface area contributed by atoms with Gasteiger partial charge in [-0.25, -0.2) is 9.18 Å². The van der Waals surface area contributed by atoms with Gasteiger partial charge in [-0.05, 0) is 24.3 Å². The highest BCUT2D eigenvalue weighted by Crippen LogP contribution is 2.33. The summed E-state index contributed by atoms with van der Waals surface area (Å²) in [4.78, 5) is 21.1. The fourth-order valence-electron chi connectivity index (χ4n) is 1.56. The molecule has 0 saturated carbocycles. The first-order chi connectivity index (χ1) is 9.88. The summed E-state index contributed by atoms with van der Waals surface area (Å²) in [6.07, 6.45) is 0. The molecule has 0 atom stereocenters. The standard InChI is InChI=1S/C13H7ClFNO5/c14-10-5-7(15)1-3-12(10)21-11-4-2-8(16(19)20)6-9(11)13(17)18/h1-6H,(H,17,18). The molecule has 0 heterocycles. The normalized spacial score (nSPS) is 10.2. The number of hydrogen-bond donors (Lipinski definition) is 1. The average molecular weight is 312 g/mol. The van der Waals surface area contributed by atoms with Crippen molar-refractivity contribution in [1.29, 1.82) is 0 Å². The van der Waals surface area contributed by atoms with Crippen LogP contribution in [0.3, 0.4) is 0 Å². The third-order valence-corrected chi connectivity index (χ3v) is 2.81. The van der Waals surface area contributed by atoms with E-state index in [0.29, 0.717) is 0 Å². The molecule has 1 N–H and O–H groups in total. The van der Waals surface area contributed by atoms with Crippen molar-refractivity contribution in [2.75, 3.05) is 0 Å². The molecular formula is C13H7ClFNO5. The number of nitro groups is 1. The van der Waals surface area contributed by atoms with Crippen LogP contribution in [0.2, 0.25) is 5.02 Å². The molecule has 0 saturated heterocycles. The second-order valence-corrected chi connectivity index (χ2v) is 4.33. The molecule has 0 radical (unpaired) electrons. The van der Waals surface area contributed by atoms with Crippen LogP contribution in [0.1, 0.15) is 10.4 Å². The molecule has 108 valence electrons. The molecule has 21 heavy (non-hydrogen) atoms. The van der Waals surface area contributed by atoms with Gasteiger partial charge in [-0.2, -0.15) is 0 Å². The molecular weight excluding hydrogens is 305 g/mol. The van der Waals surface area contributed by atoms with Crippen molar-refractivity contribution >= 4 is 23.3 Å². The number of aromatic carboxylic acids is 1. The lowest BCUT2D eigenvalue weighted by molar-refractivity contribution is -0.384. The molecule has 0 amide bonds. The van der Waals surface area contributed by atoms with Crippen LogP contribution >= 0.6 is 11.6 Å². The highest BCUT2D eigenvalue weighted by molar-refractivity contribution is 6.32. The average Bonchev–Trinajstić information content (AvgIpc) is 2.41. The lowest BCUT2D eigenvalue weighted by atomic mass is 10.2. The molecule has 0 aliphatic rings. The molecule has 2 rings (SSSR count). The fourth-order valence-corrected chi connectivity index (χ4v) is 1.77. The van der Waals surface area contributed by atoms with E-state index >= 15 is 0 Å². The zero-order valence-corrected chi connectivity index (χ0v) is 11.0. The van der Waals surface area contributed by atoms with Gasteiger partial charge in [0, 0.05) is 12.1 Å². The lowest BCUT2D eigenvalue weighted by Gasteiger charge is -2.10. The highest BCUT2D eigenvalue weighted by atomic mass is 35.5. The number of non-ortho nitro benzene ring substituents is 1. The Morgan fingerprint density at radius 2 is 1.90 bits per heavy atom. The Morgan fingerprint density at radius 1 is 1.24 bits per heavy atom. The van der Waals surface area contributed by atoms with Crippen molar-refractivity contribution in [2.24, 2.45) is 0 Å². The summed E-state index contributed by atoms with van der Waals surface area (Å²) in [5.74, 6) is -2.07. The van der Waals surface area contributed by atoms with Crippen LogP contribution in [0, 0.1) is 15.9 Å². The summed E-state index contributed by atoms with van der Waals surface area (Å²) in [7, 11) is 0. The summed E-state index contributed by atoms with van der Waals surface area (Å²) in [6, 6.07) is 6.43. The third-order valence-electron chi connectivity index (χ3n) is 2.52.